The van der Waals surface area contributed by atoms with E-state index in [0.29, 0.717) is 6.54 Å². The topological polar surface area (TPSA) is 44.4 Å². The number of nitrogens with zero attached hydrogens (tertiary/aromatic N) is 1. The van der Waals surface area contributed by atoms with Gasteiger partial charge in [0.15, 0.2) is 0 Å². The molecule has 0 aliphatic carbocycles. The predicted molar refractivity (Wildman–Crippen MR) is 88.0 cm³/mol. The molecule has 0 aromatic heterocycles. The average molecular weight is 289 g/mol. The zero-order valence-corrected chi connectivity index (χ0v) is 13.2. The standard InChI is InChI=1S/C17H27N3O/c1-3-12-20(4-2)13-11-19-17(21)15-7-5-9-16-14(15)8-6-10-18-16/h5,7,9,18H,3-4,6,8,10-13H2,1-2H3,(H,19,21). The van der Waals surface area contributed by atoms with E-state index >= 15 is 0 Å². The number of fused-ring (bicyclic) bond motifs is 1. The smallest absolute Gasteiger partial charge is 0.251 e. The van der Waals surface area contributed by atoms with E-state index in [1.807, 2.05) is 12.1 Å². The molecule has 1 aromatic rings. The van der Waals surface area contributed by atoms with Crippen LogP contribution in [-0.2, 0) is 6.42 Å². The number of nitrogens with one attached hydrogen (secondary N) is 2. The second-order valence-corrected chi connectivity index (χ2v) is 5.55. The Labute approximate surface area is 127 Å². The lowest BCUT2D eigenvalue weighted by Crippen LogP contribution is -2.35. The molecule has 0 unspecified atom stereocenters. The van der Waals surface area contributed by atoms with Crippen LogP contribution in [0, 0.1) is 0 Å². The number of carbonyl (C=O) groups excluding carboxylic acids is 1. The van der Waals surface area contributed by atoms with Crippen LogP contribution >= 0.6 is 0 Å². The van der Waals surface area contributed by atoms with Crippen LogP contribution in [0.25, 0.3) is 0 Å². The summed E-state index contributed by atoms with van der Waals surface area (Å²) in [5.41, 5.74) is 3.12. The quantitative estimate of drug-likeness (QED) is 0.810. The Morgan fingerprint density at radius 2 is 2.19 bits per heavy atom. The molecular weight excluding hydrogens is 262 g/mol. The maximum Gasteiger partial charge on any atom is 0.251 e. The number of amides is 1. The van der Waals surface area contributed by atoms with Gasteiger partial charge in [-0.15, -0.1) is 0 Å². The number of hydrogen-bond donors (Lipinski definition) is 2. The zero-order chi connectivity index (χ0) is 15.1. The zero-order valence-electron chi connectivity index (χ0n) is 13.2. The third kappa shape index (κ3) is 4.21. The lowest BCUT2D eigenvalue weighted by Gasteiger charge is -2.22. The van der Waals surface area contributed by atoms with Crippen molar-refractivity contribution in [3.63, 3.8) is 0 Å². The van der Waals surface area contributed by atoms with Crippen molar-refractivity contribution in [3.8, 4) is 0 Å². The number of carbonyl (C=O) groups is 1. The molecule has 2 rings (SSSR count). The summed E-state index contributed by atoms with van der Waals surface area (Å²) in [6.07, 6.45) is 3.24. The van der Waals surface area contributed by atoms with Crippen molar-refractivity contribution in [2.75, 3.05) is 38.0 Å². The van der Waals surface area contributed by atoms with Crippen molar-refractivity contribution in [3.05, 3.63) is 29.3 Å². The van der Waals surface area contributed by atoms with Gasteiger partial charge < -0.3 is 15.5 Å². The first-order valence-corrected chi connectivity index (χ1v) is 8.12. The molecule has 0 atom stereocenters. The Kier molecular flexibility index (Phi) is 6.05. The molecule has 1 heterocycles. The van der Waals surface area contributed by atoms with Gasteiger partial charge in [0.25, 0.3) is 5.91 Å². The largest absolute Gasteiger partial charge is 0.385 e. The summed E-state index contributed by atoms with van der Waals surface area (Å²) in [5.74, 6) is 0.0584. The van der Waals surface area contributed by atoms with Crippen molar-refractivity contribution in [1.29, 1.82) is 0 Å². The molecule has 21 heavy (non-hydrogen) atoms. The molecule has 0 fully saturated rings. The lowest BCUT2D eigenvalue weighted by atomic mass is 9.97. The molecule has 4 nitrogen and oxygen atoms in total. The first-order chi connectivity index (χ1) is 10.3. The van der Waals surface area contributed by atoms with E-state index in [-0.39, 0.29) is 5.91 Å². The van der Waals surface area contributed by atoms with Gasteiger partial charge in [0, 0.05) is 30.9 Å². The highest BCUT2D eigenvalue weighted by atomic mass is 16.1. The SMILES string of the molecule is CCCN(CC)CCNC(=O)c1cccc2c1CCCN2. The fourth-order valence-electron chi connectivity index (χ4n) is 2.89. The van der Waals surface area contributed by atoms with E-state index in [0.717, 1.165) is 56.7 Å². The Morgan fingerprint density at radius 1 is 1.33 bits per heavy atom. The second kappa shape index (κ2) is 8.03. The van der Waals surface area contributed by atoms with Crippen LogP contribution in [0.4, 0.5) is 5.69 Å². The van der Waals surface area contributed by atoms with Crippen molar-refractivity contribution in [2.24, 2.45) is 0 Å². The number of rotatable bonds is 7. The van der Waals surface area contributed by atoms with Crippen LogP contribution in [0.15, 0.2) is 18.2 Å². The molecule has 2 N–H and O–H groups in total. The number of likely N-dealkylation sites (N-methyl/N-ethyl adjacent to an activating group) is 1. The summed E-state index contributed by atoms with van der Waals surface area (Å²) in [6, 6.07) is 5.96. The van der Waals surface area contributed by atoms with Crippen LogP contribution in [0.3, 0.4) is 0 Å². The summed E-state index contributed by atoms with van der Waals surface area (Å²) in [5, 5.41) is 6.43. The predicted octanol–water partition coefficient (Wildman–Crippen LogP) is 2.51. The molecule has 0 bridgehead atoms. The first-order valence-electron chi connectivity index (χ1n) is 8.12. The molecule has 0 spiro atoms. The molecule has 1 aromatic carbocycles. The number of benzene rings is 1. The van der Waals surface area contributed by atoms with E-state index in [9.17, 15) is 4.79 Å². The third-order valence-corrected chi connectivity index (χ3v) is 4.04. The van der Waals surface area contributed by atoms with Gasteiger partial charge in [-0.3, -0.25) is 4.79 Å². The maximum absolute atomic E-state index is 12.4. The normalized spacial score (nSPS) is 13.7. The van der Waals surface area contributed by atoms with Crippen molar-refractivity contribution >= 4 is 11.6 Å². The van der Waals surface area contributed by atoms with Crippen molar-refractivity contribution in [1.82, 2.24) is 10.2 Å². The van der Waals surface area contributed by atoms with Gasteiger partial charge in [-0.25, -0.2) is 0 Å². The van der Waals surface area contributed by atoms with Crippen molar-refractivity contribution in [2.45, 2.75) is 33.1 Å². The average Bonchev–Trinajstić information content (AvgIpc) is 2.53. The van der Waals surface area contributed by atoms with Gasteiger partial charge in [0.1, 0.15) is 0 Å². The second-order valence-electron chi connectivity index (χ2n) is 5.55. The highest BCUT2D eigenvalue weighted by Gasteiger charge is 2.17. The highest BCUT2D eigenvalue weighted by Crippen LogP contribution is 2.25. The van der Waals surface area contributed by atoms with Gasteiger partial charge in [-0.1, -0.05) is 19.9 Å². The van der Waals surface area contributed by atoms with Gasteiger partial charge in [-0.2, -0.15) is 0 Å². The fraction of sp³-hybridized carbons (Fsp3) is 0.588. The maximum atomic E-state index is 12.4. The van der Waals surface area contributed by atoms with Crippen LogP contribution < -0.4 is 10.6 Å². The third-order valence-electron chi connectivity index (χ3n) is 4.04. The number of hydrogen-bond acceptors (Lipinski definition) is 3. The molecule has 0 saturated carbocycles. The molecular formula is C17H27N3O. The minimum absolute atomic E-state index is 0.0584. The summed E-state index contributed by atoms with van der Waals surface area (Å²) >= 11 is 0. The molecule has 1 aliphatic rings. The minimum atomic E-state index is 0.0584. The highest BCUT2D eigenvalue weighted by molar-refractivity contribution is 5.97. The minimum Gasteiger partial charge on any atom is -0.385 e. The Morgan fingerprint density at radius 3 is 2.95 bits per heavy atom. The Bertz CT molecular complexity index is 473. The monoisotopic (exact) mass is 289 g/mol. The van der Waals surface area contributed by atoms with Crippen LogP contribution in [0.5, 0.6) is 0 Å². The van der Waals surface area contributed by atoms with Crippen molar-refractivity contribution < 1.29 is 4.79 Å². The van der Waals surface area contributed by atoms with Crippen LogP contribution in [0.2, 0.25) is 0 Å². The molecule has 1 amide bonds. The van der Waals surface area contributed by atoms with E-state index in [2.05, 4.69) is 35.4 Å². The summed E-state index contributed by atoms with van der Waals surface area (Å²) in [4.78, 5) is 14.8. The summed E-state index contributed by atoms with van der Waals surface area (Å²) in [7, 11) is 0. The molecule has 116 valence electrons. The Balaban J connectivity index is 1.92. The van der Waals surface area contributed by atoms with E-state index in [1.165, 1.54) is 5.56 Å². The van der Waals surface area contributed by atoms with Crippen LogP contribution in [-0.4, -0.2) is 43.5 Å². The molecule has 1 aliphatic heterocycles. The summed E-state index contributed by atoms with van der Waals surface area (Å²) in [6.45, 7) is 9.11. The van der Waals surface area contributed by atoms with Gasteiger partial charge in [0.05, 0.1) is 0 Å². The van der Waals surface area contributed by atoms with E-state index in [1.54, 1.807) is 0 Å². The van der Waals surface area contributed by atoms with Gasteiger partial charge in [0.2, 0.25) is 0 Å². The van der Waals surface area contributed by atoms with Crippen LogP contribution in [0.1, 0.15) is 42.6 Å². The van der Waals surface area contributed by atoms with E-state index < -0.39 is 0 Å². The lowest BCUT2D eigenvalue weighted by molar-refractivity contribution is 0.0947. The molecule has 0 radical (unpaired) electrons. The van der Waals surface area contributed by atoms with Gasteiger partial charge >= 0.3 is 0 Å². The summed E-state index contributed by atoms with van der Waals surface area (Å²) < 4.78 is 0. The first kappa shape index (κ1) is 15.8. The molecule has 4 heteroatoms. The Hall–Kier alpha value is -1.55. The number of anilines is 1. The molecule has 0 saturated heterocycles. The van der Waals surface area contributed by atoms with E-state index in [4.69, 9.17) is 0 Å². The van der Waals surface area contributed by atoms with Gasteiger partial charge in [-0.05, 0) is 50.0 Å². The fourth-order valence-corrected chi connectivity index (χ4v) is 2.89.